The van der Waals surface area contributed by atoms with Gasteiger partial charge in [0.25, 0.3) is 5.91 Å². The van der Waals surface area contributed by atoms with Crippen LogP contribution in [0.25, 0.3) is 11.3 Å². The van der Waals surface area contributed by atoms with E-state index in [4.69, 9.17) is 4.42 Å². The Morgan fingerprint density at radius 2 is 1.82 bits per heavy atom. The highest BCUT2D eigenvalue weighted by Crippen LogP contribution is 2.23. The predicted molar refractivity (Wildman–Crippen MR) is 122 cm³/mol. The van der Waals surface area contributed by atoms with Crippen molar-refractivity contribution in [3.8, 4) is 11.3 Å². The Balaban J connectivity index is 1.30. The standard InChI is InChI=1S/C25H26N4O4/c1-17-8-10-19(11-9-17)20-16-26-22(33-20)13-12-21(30)28-29-23(31)25(2,27-24(29)32)15-14-18-6-4-3-5-7-18/h3-11,16H,12-15H2,1-2H3,(H,27,32)(H,28,30). The third kappa shape index (κ3) is 5.11. The van der Waals surface area contributed by atoms with Crippen LogP contribution < -0.4 is 10.7 Å². The van der Waals surface area contributed by atoms with Crippen LogP contribution in [-0.2, 0) is 22.4 Å². The molecule has 0 saturated carbocycles. The fourth-order valence-corrected chi connectivity index (χ4v) is 3.67. The van der Waals surface area contributed by atoms with Gasteiger partial charge in [-0.25, -0.2) is 9.78 Å². The van der Waals surface area contributed by atoms with E-state index >= 15 is 0 Å². The van der Waals surface area contributed by atoms with E-state index in [-0.39, 0.29) is 12.8 Å². The monoisotopic (exact) mass is 446 g/mol. The van der Waals surface area contributed by atoms with Crippen molar-refractivity contribution in [3.05, 3.63) is 77.8 Å². The summed E-state index contributed by atoms with van der Waals surface area (Å²) in [6, 6.07) is 16.9. The summed E-state index contributed by atoms with van der Waals surface area (Å²) in [5.41, 5.74) is 4.45. The molecule has 170 valence electrons. The van der Waals surface area contributed by atoms with Crippen molar-refractivity contribution in [1.29, 1.82) is 0 Å². The Morgan fingerprint density at radius 1 is 1.09 bits per heavy atom. The average molecular weight is 447 g/mol. The maximum Gasteiger partial charge on any atom is 0.344 e. The first kappa shape index (κ1) is 22.3. The Morgan fingerprint density at radius 3 is 2.55 bits per heavy atom. The van der Waals surface area contributed by atoms with Gasteiger partial charge in [0, 0.05) is 18.4 Å². The zero-order valence-corrected chi connectivity index (χ0v) is 18.6. The molecule has 1 aliphatic rings. The lowest BCUT2D eigenvalue weighted by Gasteiger charge is -2.21. The third-order valence-corrected chi connectivity index (χ3v) is 5.71. The van der Waals surface area contributed by atoms with Crippen molar-refractivity contribution in [2.24, 2.45) is 0 Å². The molecule has 1 unspecified atom stereocenters. The molecule has 2 aromatic carbocycles. The molecule has 4 amide bonds. The zero-order valence-electron chi connectivity index (χ0n) is 18.6. The number of carbonyl (C=O) groups excluding carboxylic acids is 3. The molecule has 1 saturated heterocycles. The van der Waals surface area contributed by atoms with Gasteiger partial charge in [-0.05, 0) is 32.3 Å². The van der Waals surface area contributed by atoms with Gasteiger partial charge < -0.3 is 9.73 Å². The number of amides is 4. The van der Waals surface area contributed by atoms with Crippen molar-refractivity contribution in [3.63, 3.8) is 0 Å². The number of carbonyl (C=O) groups is 3. The van der Waals surface area contributed by atoms with Gasteiger partial charge >= 0.3 is 6.03 Å². The first-order chi connectivity index (χ1) is 15.8. The number of imide groups is 1. The molecule has 1 atom stereocenters. The number of aromatic nitrogens is 1. The highest BCUT2D eigenvalue weighted by Gasteiger charge is 2.48. The first-order valence-corrected chi connectivity index (χ1v) is 10.9. The summed E-state index contributed by atoms with van der Waals surface area (Å²) in [4.78, 5) is 41.8. The lowest BCUT2D eigenvalue weighted by Crippen LogP contribution is -2.49. The fraction of sp³-hybridized carbons (Fsp3) is 0.280. The molecule has 1 aromatic heterocycles. The smallest absolute Gasteiger partial charge is 0.344 e. The molecule has 1 aliphatic heterocycles. The molecule has 3 aromatic rings. The summed E-state index contributed by atoms with van der Waals surface area (Å²) in [7, 11) is 0. The van der Waals surface area contributed by atoms with E-state index in [2.05, 4.69) is 15.7 Å². The summed E-state index contributed by atoms with van der Waals surface area (Å²) in [6.07, 6.45) is 2.93. The fourth-order valence-electron chi connectivity index (χ4n) is 3.67. The number of nitrogens with zero attached hydrogens (tertiary/aromatic N) is 2. The molecule has 0 radical (unpaired) electrons. The quantitative estimate of drug-likeness (QED) is 0.515. The van der Waals surface area contributed by atoms with Crippen molar-refractivity contribution in [2.45, 2.75) is 45.1 Å². The number of hydrazine groups is 1. The van der Waals surface area contributed by atoms with Crippen LogP contribution in [0.3, 0.4) is 0 Å². The largest absolute Gasteiger partial charge is 0.441 e. The topological polar surface area (TPSA) is 105 Å². The number of hydrogen-bond acceptors (Lipinski definition) is 5. The molecular formula is C25H26N4O4. The van der Waals surface area contributed by atoms with Crippen molar-refractivity contribution in [1.82, 2.24) is 20.7 Å². The normalized spacial score (nSPS) is 17.8. The molecule has 8 nitrogen and oxygen atoms in total. The highest BCUT2D eigenvalue weighted by molar-refractivity contribution is 6.07. The zero-order chi connectivity index (χ0) is 23.4. The van der Waals surface area contributed by atoms with Crippen molar-refractivity contribution in [2.75, 3.05) is 0 Å². The Bertz CT molecular complexity index is 1160. The summed E-state index contributed by atoms with van der Waals surface area (Å²) >= 11 is 0. The maximum atomic E-state index is 12.8. The van der Waals surface area contributed by atoms with Crippen LogP contribution in [0.1, 0.15) is 36.8 Å². The number of oxazole rings is 1. The van der Waals surface area contributed by atoms with Crippen LogP contribution >= 0.6 is 0 Å². The number of hydrogen-bond donors (Lipinski definition) is 2. The van der Waals surface area contributed by atoms with E-state index in [9.17, 15) is 14.4 Å². The van der Waals surface area contributed by atoms with Gasteiger partial charge in [-0.1, -0.05) is 60.2 Å². The molecule has 2 N–H and O–H groups in total. The average Bonchev–Trinajstić information content (AvgIpc) is 3.37. The minimum Gasteiger partial charge on any atom is -0.441 e. The first-order valence-electron chi connectivity index (χ1n) is 10.9. The van der Waals surface area contributed by atoms with E-state index < -0.39 is 23.4 Å². The van der Waals surface area contributed by atoms with E-state index in [1.807, 2.05) is 61.5 Å². The van der Waals surface area contributed by atoms with Gasteiger partial charge in [0.05, 0.1) is 6.20 Å². The number of aryl methyl sites for hydroxylation is 3. The van der Waals surface area contributed by atoms with Gasteiger partial charge in [-0.15, -0.1) is 0 Å². The van der Waals surface area contributed by atoms with E-state index in [1.165, 1.54) is 0 Å². The predicted octanol–water partition coefficient (Wildman–Crippen LogP) is 3.56. The number of benzene rings is 2. The Kier molecular flexibility index (Phi) is 6.26. The summed E-state index contributed by atoms with van der Waals surface area (Å²) < 4.78 is 5.73. The summed E-state index contributed by atoms with van der Waals surface area (Å²) in [6.45, 7) is 3.67. The second-order valence-electron chi connectivity index (χ2n) is 8.41. The van der Waals surface area contributed by atoms with Gasteiger partial charge in [0.15, 0.2) is 11.7 Å². The van der Waals surface area contributed by atoms with E-state index in [0.29, 0.717) is 24.5 Å². The molecule has 1 fully saturated rings. The SMILES string of the molecule is Cc1ccc(-c2cnc(CCC(=O)NN3C(=O)NC(C)(CCc4ccccc4)C3=O)o2)cc1. The number of nitrogens with one attached hydrogen (secondary N) is 2. The van der Waals surface area contributed by atoms with Crippen LogP contribution in [0.5, 0.6) is 0 Å². The summed E-state index contributed by atoms with van der Waals surface area (Å²) in [5, 5.41) is 3.46. The van der Waals surface area contributed by atoms with E-state index in [0.717, 1.165) is 21.7 Å². The second-order valence-corrected chi connectivity index (χ2v) is 8.41. The van der Waals surface area contributed by atoms with Gasteiger partial charge in [-0.3, -0.25) is 15.0 Å². The van der Waals surface area contributed by atoms with Crippen molar-refractivity contribution < 1.29 is 18.8 Å². The van der Waals surface area contributed by atoms with Crippen LogP contribution in [0.15, 0.2) is 65.2 Å². The molecule has 0 spiro atoms. The van der Waals surface area contributed by atoms with Gasteiger partial charge in [0.2, 0.25) is 5.91 Å². The molecule has 0 bridgehead atoms. The van der Waals surface area contributed by atoms with Crippen LogP contribution in [0.4, 0.5) is 4.79 Å². The number of rotatable bonds is 8. The number of urea groups is 1. The molecule has 0 aliphatic carbocycles. The van der Waals surface area contributed by atoms with Crippen molar-refractivity contribution >= 4 is 17.8 Å². The Labute approximate surface area is 192 Å². The van der Waals surface area contributed by atoms with Crippen LogP contribution in [0.2, 0.25) is 0 Å². The van der Waals surface area contributed by atoms with Crippen LogP contribution in [-0.4, -0.2) is 33.4 Å². The second kappa shape index (κ2) is 9.28. The lowest BCUT2D eigenvalue weighted by molar-refractivity contribution is -0.138. The minimum absolute atomic E-state index is 0.0195. The third-order valence-electron chi connectivity index (χ3n) is 5.71. The van der Waals surface area contributed by atoms with Crippen LogP contribution in [0, 0.1) is 6.92 Å². The minimum atomic E-state index is -1.08. The van der Waals surface area contributed by atoms with E-state index in [1.54, 1.807) is 13.1 Å². The highest BCUT2D eigenvalue weighted by atomic mass is 16.4. The summed E-state index contributed by atoms with van der Waals surface area (Å²) in [5.74, 6) is 0.0785. The molecule has 8 heteroatoms. The Hall–Kier alpha value is -3.94. The maximum absolute atomic E-state index is 12.8. The molecule has 4 rings (SSSR count). The lowest BCUT2D eigenvalue weighted by atomic mass is 9.93. The molecule has 2 heterocycles. The molecular weight excluding hydrogens is 420 g/mol. The van der Waals surface area contributed by atoms with Gasteiger partial charge in [-0.2, -0.15) is 5.01 Å². The van der Waals surface area contributed by atoms with Gasteiger partial charge in [0.1, 0.15) is 5.54 Å². The molecule has 33 heavy (non-hydrogen) atoms.